The average molecular weight is 469 g/mol. The summed E-state index contributed by atoms with van der Waals surface area (Å²) in [5, 5.41) is 3.22. The number of sulfonamides is 1. The van der Waals surface area contributed by atoms with E-state index in [1.807, 2.05) is 0 Å². The highest BCUT2D eigenvalue weighted by Crippen LogP contribution is 2.33. The molecule has 1 aromatic heterocycles. The van der Waals surface area contributed by atoms with Gasteiger partial charge < -0.3 is 5.32 Å². The summed E-state index contributed by atoms with van der Waals surface area (Å²) in [7, 11) is -0.527. The van der Waals surface area contributed by atoms with Crippen LogP contribution in [0, 0.1) is 6.92 Å². The number of hydrogen-bond donors (Lipinski definition) is 1. The third kappa shape index (κ3) is 4.94. The second-order valence-electron chi connectivity index (χ2n) is 7.47. The number of fused-ring (bicyclic) bond motifs is 1. The fourth-order valence-corrected chi connectivity index (χ4v) is 4.10. The van der Waals surface area contributed by atoms with E-state index in [0.29, 0.717) is 16.6 Å². The van der Waals surface area contributed by atoms with Gasteiger partial charge in [0.25, 0.3) is 0 Å². The van der Waals surface area contributed by atoms with E-state index in [4.69, 9.17) is 0 Å². The van der Waals surface area contributed by atoms with Crippen LogP contribution in [0.2, 0.25) is 0 Å². The Kier molecular flexibility index (Phi) is 6.61. The fraction of sp³-hybridized carbons (Fsp3) is 0.333. The molecule has 0 saturated carbocycles. The molecule has 0 amide bonds. The summed E-state index contributed by atoms with van der Waals surface area (Å²) in [6, 6.07) is 9.95. The molecule has 11 heteroatoms. The van der Waals surface area contributed by atoms with Crippen molar-refractivity contribution in [3.63, 3.8) is 0 Å². The van der Waals surface area contributed by atoms with E-state index >= 15 is 0 Å². The monoisotopic (exact) mass is 468 g/mol. The molecule has 1 N–H and O–H groups in total. The SMILES string of the molecule is Cc1ccccc1-n1c(=O)nc(NCCCS(=O)(=O)N(C)C)c2ccc(C(F)(F)F)cc21. The lowest BCUT2D eigenvalue weighted by Crippen LogP contribution is -2.27. The van der Waals surface area contributed by atoms with Gasteiger partial charge in [-0.1, -0.05) is 18.2 Å². The van der Waals surface area contributed by atoms with Gasteiger partial charge in [0.1, 0.15) is 5.82 Å². The average Bonchev–Trinajstić information content (AvgIpc) is 2.71. The Bertz CT molecular complexity index is 1300. The number of aromatic nitrogens is 2. The Hall–Kier alpha value is -2.92. The molecule has 3 aromatic rings. The molecule has 0 aliphatic carbocycles. The molecule has 0 atom stereocenters. The first-order valence-electron chi connectivity index (χ1n) is 9.76. The second kappa shape index (κ2) is 8.91. The van der Waals surface area contributed by atoms with Crippen LogP contribution in [0.15, 0.2) is 47.3 Å². The number of hydrogen-bond acceptors (Lipinski definition) is 5. The van der Waals surface area contributed by atoms with Gasteiger partial charge in [-0.2, -0.15) is 18.2 Å². The van der Waals surface area contributed by atoms with Gasteiger partial charge in [0, 0.05) is 26.0 Å². The van der Waals surface area contributed by atoms with Crippen LogP contribution >= 0.6 is 0 Å². The topological polar surface area (TPSA) is 84.3 Å². The third-order valence-corrected chi connectivity index (χ3v) is 6.92. The Morgan fingerprint density at radius 2 is 1.81 bits per heavy atom. The smallest absolute Gasteiger partial charge is 0.369 e. The number of benzene rings is 2. The Labute approximate surface area is 183 Å². The first kappa shape index (κ1) is 23.7. The summed E-state index contributed by atoms with van der Waals surface area (Å²) in [5.74, 6) is -0.0190. The number of halogens is 3. The number of aryl methyl sites for hydroxylation is 1. The van der Waals surface area contributed by atoms with E-state index in [-0.39, 0.29) is 30.1 Å². The number of anilines is 1. The van der Waals surface area contributed by atoms with Crippen molar-refractivity contribution in [2.75, 3.05) is 31.7 Å². The van der Waals surface area contributed by atoms with Crippen LogP contribution in [0.3, 0.4) is 0 Å². The van der Waals surface area contributed by atoms with Crippen molar-refractivity contribution in [1.82, 2.24) is 13.9 Å². The fourth-order valence-electron chi connectivity index (χ4n) is 3.23. The molecule has 0 fully saturated rings. The number of rotatable bonds is 7. The van der Waals surface area contributed by atoms with Gasteiger partial charge in [0.15, 0.2) is 0 Å². The normalized spacial score (nSPS) is 12.5. The summed E-state index contributed by atoms with van der Waals surface area (Å²) in [6.45, 7) is 1.92. The van der Waals surface area contributed by atoms with Gasteiger partial charge in [-0.25, -0.2) is 17.5 Å². The van der Waals surface area contributed by atoms with E-state index in [1.165, 1.54) is 20.2 Å². The first-order valence-corrected chi connectivity index (χ1v) is 11.4. The van der Waals surface area contributed by atoms with Crippen LogP contribution in [0.4, 0.5) is 19.0 Å². The molecule has 0 spiro atoms. The van der Waals surface area contributed by atoms with Gasteiger partial charge in [-0.3, -0.25) is 4.57 Å². The Balaban J connectivity index is 2.07. The second-order valence-corrected chi connectivity index (χ2v) is 9.78. The van der Waals surface area contributed by atoms with E-state index in [0.717, 1.165) is 21.0 Å². The predicted octanol–water partition coefficient (Wildman–Crippen LogP) is 3.41. The van der Waals surface area contributed by atoms with E-state index < -0.39 is 27.5 Å². The van der Waals surface area contributed by atoms with Gasteiger partial charge in [0.2, 0.25) is 10.0 Å². The van der Waals surface area contributed by atoms with Crippen LogP contribution in [0.5, 0.6) is 0 Å². The molecule has 0 saturated heterocycles. The summed E-state index contributed by atoms with van der Waals surface area (Å²) < 4.78 is 66.2. The number of alkyl halides is 3. The van der Waals surface area contributed by atoms with Crippen molar-refractivity contribution in [2.45, 2.75) is 19.5 Å². The maximum absolute atomic E-state index is 13.4. The van der Waals surface area contributed by atoms with Gasteiger partial charge in [-0.15, -0.1) is 0 Å². The van der Waals surface area contributed by atoms with Crippen molar-refractivity contribution in [1.29, 1.82) is 0 Å². The van der Waals surface area contributed by atoms with Crippen LogP contribution in [-0.4, -0.2) is 48.7 Å². The molecule has 0 aliphatic heterocycles. The molecule has 3 rings (SSSR count). The lowest BCUT2D eigenvalue weighted by Gasteiger charge is -2.17. The summed E-state index contributed by atoms with van der Waals surface area (Å²) >= 11 is 0. The standard InChI is InChI=1S/C21H23F3N4O3S/c1-14-7-4-5-8-17(14)28-18-13-15(21(22,23)24)9-10-16(18)19(26-20(28)29)25-11-6-12-32(30,31)27(2)3/h4-5,7-10,13H,6,11-12H2,1-3H3,(H,25,26,29). The molecule has 0 unspecified atom stereocenters. The van der Waals surface area contributed by atoms with Crippen LogP contribution in [0.25, 0.3) is 16.6 Å². The summed E-state index contributed by atoms with van der Waals surface area (Å²) in [5.41, 5.74) is -0.448. The quantitative estimate of drug-likeness (QED) is 0.538. The largest absolute Gasteiger partial charge is 0.416 e. The van der Waals surface area contributed by atoms with E-state index in [2.05, 4.69) is 10.3 Å². The number of nitrogens with one attached hydrogen (secondary N) is 1. The zero-order valence-corrected chi connectivity index (χ0v) is 18.6. The number of nitrogens with zero attached hydrogens (tertiary/aromatic N) is 3. The molecule has 0 radical (unpaired) electrons. The highest BCUT2D eigenvalue weighted by atomic mass is 32.2. The molecule has 0 aliphatic rings. The molecule has 32 heavy (non-hydrogen) atoms. The van der Waals surface area contributed by atoms with Crippen LogP contribution in [-0.2, 0) is 16.2 Å². The Morgan fingerprint density at radius 3 is 2.44 bits per heavy atom. The maximum Gasteiger partial charge on any atom is 0.416 e. The molecule has 1 heterocycles. The molecule has 172 valence electrons. The van der Waals surface area contributed by atoms with Gasteiger partial charge in [0.05, 0.1) is 22.5 Å². The third-order valence-electron chi connectivity index (χ3n) is 5.00. The summed E-state index contributed by atoms with van der Waals surface area (Å²) in [6.07, 6.45) is -4.36. The van der Waals surface area contributed by atoms with Crippen LogP contribution < -0.4 is 11.0 Å². The van der Waals surface area contributed by atoms with Crippen molar-refractivity contribution in [3.8, 4) is 5.69 Å². The lowest BCUT2D eigenvalue weighted by molar-refractivity contribution is -0.137. The van der Waals surface area contributed by atoms with Gasteiger partial charge >= 0.3 is 11.9 Å². The first-order chi connectivity index (χ1) is 14.9. The predicted molar refractivity (Wildman–Crippen MR) is 118 cm³/mol. The minimum absolute atomic E-state index is 0.0533. The van der Waals surface area contributed by atoms with Crippen LogP contribution in [0.1, 0.15) is 17.5 Å². The van der Waals surface area contributed by atoms with Crippen molar-refractivity contribution in [2.24, 2.45) is 0 Å². The molecular formula is C21H23F3N4O3S. The molecular weight excluding hydrogens is 445 g/mol. The molecule has 7 nitrogen and oxygen atoms in total. The summed E-state index contributed by atoms with van der Waals surface area (Å²) in [4.78, 5) is 16.9. The minimum atomic E-state index is -4.59. The van der Waals surface area contributed by atoms with E-state index in [9.17, 15) is 26.4 Å². The van der Waals surface area contributed by atoms with E-state index in [1.54, 1.807) is 31.2 Å². The zero-order valence-electron chi connectivity index (χ0n) is 17.8. The van der Waals surface area contributed by atoms with Crippen molar-refractivity contribution >= 4 is 26.7 Å². The van der Waals surface area contributed by atoms with Crippen molar-refractivity contribution in [3.05, 3.63) is 64.1 Å². The van der Waals surface area contributed by atoms with Crippen molar-refractivity contribution < 1.29 is 21.6 Å². The van der Waals surface area contributed by atoms with Gasteiger partial charge in [-0.05, 0) is 43.2 Å². The zero-order chi connectivity index (χ0) is 23.7. The number of para-hydroxylation sites is 1. The highest BCUT2D eigenvalue weighted by molar-refractivity contribution is 7.89. The molecule has 0 bridgehead atoms. The maximum atomic E-state index is 13.4. The highest BCUT2D eigenvalue weighted by Gasteiger charge is 2.31. The lowest BCUT2D eigenvalue weighted by atomic mass is 10.1. The Morgan fingerprint density at radius 1 is 1.12 bits per heavy atom. The minimum Gasteiger partial charge on any atom is -0.369 e. The molecule has 2 aromatic carbocycles.